The molecule has 0 saturated heterocycles. The summed E-state index contributed by atoms with van der Waals surface area (Å²) >= 11 is 10.4. The van der Waals surface area contributed by atoms with Gasteiger partial charge in [-0.05, 0) is 24.1 Å². The Morgan fingerprint density at radius 2 is 2.00 bits per heavy atom. The van der Waals surface area contributed by atoms with E-state index in [4.69, 9.17) is 16.3 Å². The molecule has 0 bridgehead atoms. The lowest BCUT2D eigenvalue weighted by Gasteiger charge is -2.13. The van der Waals surface area contributed by atoms with Crippen molar-refractivity contribution in [3.63, 3.8) is 0 Å². The van der Waals surface area contributed by atoms with Gasteiger partial charge in [-0.25, -0.2) is 0 Å². The molecule has 2 aromatic carbocycles. The Morgan fingerprint density at radius 3 is 2.67 bits per heavy atom. The molecule has 0 radical (unpaired) electrons. The van der Waals surface area contributed by atoms with E-state index in [-0.39, 0.29) is 5.91 Å². The molecule has 1 unspecified atom stereocenters. The number of ether oxygens (including phenoxy) is 1. The van der Waals surface area contributed by atoms with Crippen LogP contribution in [-0.2, 0) is 11.2 Å². The van der Waals surface area contributed by atoms with Crippen LogP contribution in [0.25, 0.3) is 0 Å². The summed E-state index contributed by atoms with van der Waals surface area (Å²) in [7, 11) is 1.56. The van der Waals surface area contributed by atoms with Crippen molar-refractivity contribution in [2.75, 3.05) is 12.4 Å². The molecule has 0 aliphatic carbocycles. The Labute approximate surface area is 134 Å². The highest BCUT2D eigenvalue weighted by atomic mass is 35.5. The van der Waals surface area contributed by atoms with E-state index in [0.29, 0.717) is 22.9 Å². The molecule has 3 nitrogen and oxygen atoms in total. The van der Waals surface area contributed by atoms with E-state index in [2.05, 4.69) is 17.9 Å². The van der Waals surface area contributed by atoms with Gasteiger partial charge in [0.1, 0.15) is 5.75 Å². The lowest BCUT2D eigenvalue weighted by atomic mass is 10.1. The Kier molecular flexibility index (Phi) is 5.53. The number of hydrogen-bond donors (Lipinski definition) is 2. The predicted molar refractivity (Wildman–Crippen MR) is 89.6 cm³/mol. The first-order valence-corrected chi connectivity index (χ1v) is 7.36. The first-order chi connectivity index (χ1) is 10.1. The molecule has 5 heteroatoms. The molecule has 0 saturated carbocycles. The van der Waals surface area contributed by atoms with Crippen LogP contribution in [-0.4, -0.2) is 18.3 Å². The minimum absolute atomic E-state index is 0.197. The van der Waals surface area contributed by atoms with Gasteiger partial charge in [-0.15, -0.1) is 0 Å². The number of nitrogens with one attached hydrogen (secondary N) is 1. The second kappa shape index (κ2) is 7.38. The van der Waals surface area contributed by atoms with Crippen LogP contribution in [0.4, 0.5) is 5.69 Å². The van der Waals surface area contributed by atoms with Crippen molar-refractivity contribution in [2.45, 2.75) is 11.7 Å². The average molecular weight is 322 g/mol. The number of benzene rings is 2. The summed E-state index contributed by atoms with van der Waals surface area (Å²) in [6, 6.07) is 14.8. The smallest absolute Gasteiger partial charge is 0.237 e. The average Bonchev–Trinajstić information content (AvgIpc) is 2.50. The van der Waals surface area contributed by atoms with Gasteiger partial charge in [0.2, 0.25) is 5.91 Å². The van der Waals surface area contributed by atoms with E-state index in [0.717, 1.165) is 5.56 Å². The second-order valence-electron chi connectivity index (χ2n) is 4.54. The van der Waals surface area contributed by atoms with Gasteiger partial charge in [-0.1, -0.05) is 41.9 Å². The van der Waals surface area contributed by atoms with Gasteiger partial charge in [-0.2, -0.15) is 12.6 Å². The lowest BCUT2D eigenvalue weighted by molar-refractivity contribution is -0.115. The van der Waals surface area contributed by atoms with Crippen LogP contribution in [0.5, 0.6) is 5.75 Å². The predicted octanol–water partition coefficient (Wildman–Crippen LogP) is 3.83. The third-order valence-electron chi connectivity index (χ3n) is 3.01. The lowest BCUT2D eigenvalue weighted by Crippen LogP contribution is -2.25. The summed E-state index contributed by atoms with van der Waals surface area (Å²) in [6.07, 6.45) is 0.553. The molecular weight excluding hydrogens is 306 g/mol. The van der Waals surface area contributed by atoms with E-state index in [1.807, 2.05) is 30.3 Å². The molecular formula is C16H16ClNO2S. The van der Waals surface area contributed by atoms with Crippen molar-refractivity contribution in [1.29, 1.82) is 0 Å². The fourth-order valence-corrected chi connectivity index (χ4v) is 2.31. The zero-order valence-corrected chi connectivity index (χ0v) is 13.2. The molecule has 110 valence electrons. The normalized spacial score (nSPS) is 11.8. The number of thiol groups is 1. The van der Waals surface area contributed by atoms with E-state index < -0.39 is 5.25 Å². The van der Waals surface area contributed by atoms with Gasteiger partial charge in [0.05, 0.1) is 23.1 Å². The largest absolute Gasteiger partial charge is 0.497 e. The first kappa shape index (κ1) is 15.7. The molecule has 2 rings (SSSR count). The maximum Gasteiger partial charge on any atom is 0.237 e. The monoisotopic (exact) mass is 321 g/mol. The van der Waals surface area contributed by atoms with Crippen molar-refractivity contribution in [3.05, 3.63) is 59.1 Å². The summed E-state index contributed by atoms with van der Waals surface area (Å²) in [5.41, 5.74) is 1.58. The minimum atomic E-state index is -0.449. The number of rotatable bonds is 5. The molecule has 2 aromatic rings. The van der Waals surface area contributed by atoms with Crippen LogP contribution >= 0.6 is 24.2 Å². The summed E-state index contributed by atoms with van der Waals surface area (Å²) in [4.78, 5) is 12.2. The second-order valence-corrected chi connectivity index (χ2v) is 5.57. The van der Waals surface area contributed by atoms with Crippen LogP contribution in [0.2, 0.25) is 5.02 Å². The molecule has 1 amide bonds. The Hall–Kier alpha value is -1.65. The van der Waals surface area contributed by atoms with E-state index >= 15 is 0 Å². The number of anilines is 1. The van der Waals surface area contributed by atoms with E-state index in [1.54, 1.807) is 25.3 Å². The maximum absolute atomic E-state index is 12.2. The molecule has 1 N–H and O–H groups in total. The number of amides is 1. The van der Waals surface area contributed by atoms with Crippen molar-refractivity contribution in [2.24, 2.45) is 0 Å². The van der Waals surface area contributed by atoms with Gasteiger partial charge in [0, 0.05) is 6.07 Å². The number of carbonyl (C=O) groups is 1. The Balaban J connectivity index is 2.04. The standard InChI is InChI=1S/C16H16ClNO2S/c1-20-12-7-8-13(17)14(10-12)18-16(19)15(21)9-11-5-3-2-4-6-11/h2-8,10,15,21H,9H2,1H3,(H,18,19). The van der Waals surface area contributed by atoms with Gasteiger partial charge >= 0.3 is 0 Å². The van der Waals surface area contributed by atoms with E-state index in [9.17, 15) is 4.79 Å². The van der Waals surface area contributed by atoms with Gasteiger partial charge in [-0.3, -0.25) is 4.79 Å². The zero-order chi connectivity index (χ0) is 15.2. The topological polar surface area (TPSA) is 38.3 Å². The van der Waals surface area contributed by atoms with Gasteiger partial charge in [0.25, 0.3) is 0 Å². The number of methoxy groups -OCH3 is 1. The van der Waals surface area contributed by atoms with Crippen molar-refractivity contribution in [3.8, 4) is 5.75 Å². The van der Waals surface area contributed by atoms with Crippen LogP contribution in [0.1, 0.15) is 5.56 Å². The van der Waals surface area contributed by atoms with Crippen molar-refractivity contribution >= 4 is 35.8 Å². The molecule has 0 aliphatic heterocycles. The van der Waals surface area contributed by atoms with Gasteiger partial charge in [0.15, 0.2) is 0 Å². The van der Waals surface area contributed by atoms with Crippen LogP contribution < -0.4 is 10.1 Å². The van der Waals surface area contributed by atoms with Gasteiger partial charge < -0.3 is 10.1 Å². The molecule has 0 heterocycles. The number of carbonyl (C=O) groups excluding carboxylic acids is 1. The molecule has 21 heavy (non-hydrogen) atoms. The van der Waals surface area contributed by atoms with Crippen LogP contribution in [0.15, 0.2) is 48.5 Å². The Bertz CT molecular complexity index is 619. The highest BCUT2D eigenvalue weighted by Crippen LogP contribution is 2.27. The van der Waals surface area contributed by atoms with Crippen molar-refractivity contribution in [1.82, 2.24) is 0 Å². The summed E-state index contributed by atoms with van der Waals surface area (Å²) in [5.74, 6) is 0.436. The SMILES string of the molecule is COc1ccc(Cl)c(NC(=O)C(S)Cc2ccccc2)c1. The molecule has 0 aliphatic rings. The Morgan fingerprint density at radius 1 is 1.29 bits per heavy atom. The molecule has 0 fully saturated rings. The van der Waals surface area contributed by atoms with Crippen LogP contribution in [0.3, 0.4) is 0 Å². The fraction of sp³-hybridized carbons (Fsp3) is 0.188. The summed E-state index contributed by atoms with van der Waals surface area (Å²) in [5, 5.41) is 2.79. The summed E-state index contributed by atoms with van der Waals surface area (Å²) in [6.45, 7) is 0. The first-order valence-electron chi connectivity index (χ1n) is 6.46. The third kappa shape index (κ3) is 4.41. The number of hydrogen-bond acceptors (Lipinski definition) is 3. The van der Waals surface area contributed by atoms with E-state index in [1.165, 1.54) is 0 Å². The zero-order valence-electron chi connectivity index (χ0n) is 11.5. The third-order valence-corrected chi connectivity index (χ3v) is 3.75. The minimum Gasteiger partial charge on any atom is -0.497 e. The maximum atomic E-state index is 12.2. The quantitative estimate of drug-likeness (QED) is 0.821. The molecule has 0 spiro atoms. The highest BCUT2D eigenvalue weighted by Gasteiger charge is 2.16. The fourth-order valence-electron chi connectivity index (χ4n) is 1.87. The van der Waals surface area contributed by atoms with Crippen molar-refractivity contribution < 1.29 is 9.53 Å². The highest BCUT2D eigenvalue weighted by molar-refractivity contribution is 7.81. The molecule has 0 aromatic heterocycles. The molecule has 1 atom stereocenters. The summed E-state index contributed by atoms with van der Waals surface area (Å²) < 4.78 is 5.12. The number of halogens is 1. The van der Waals surface area contributed by atoms with Crippen LogP contribution in [0, 0.1) is 0 Å².